The van der Waals surface area contributed by atoms with Crippen LogP contribution in [0.3, 0.4) is 0 Å². The summed E-state index contributed by atoms with van der Waals surface area (Å²) in [6.45, 7) is 2.71. The molecule has 0 saturated carbocycles. The maximum atomic E-state index is 13.3. The zero-order chi connectivity index (χ0) is 14.1. The van der Waals surface area contributed by atoms with Crippen LogP contribution in [0.2, 0.25) is 0 Å². The van der Waals surface area contributed by atoms with E-state index in [-0.39, 0.29) is 5.82 Å². The van der Waals surface area contributed by atoms with E-state index in [4.69, 9.17) is 9.47 Å². The van der Waals surface area contributed by atoms with Gasteiger partial charge in [-0.15, -0.1) is 0 Å². The molecule has 0 bridgehead atoms. The Morgan fingerprint density at radius 2 is 1.65 bits per heavy atom. The van der Waals surface area contributed by atoms with Crippen LogP contribution in [0, 0.1) is 12.7 Å². The van der Waals surface area contributed by atoms with Gasteiger partial charge in [0, 0.05) is 0 Å². The molecule has 104 valence electrons. The summed E-state index contributed by atoms with van der Waals surface area (Å²) in [5.41, 5.74) is 1.86. The molecule has 0 aliphatic carbocycles. The number of ether oxygens (including phenoxy) is 2. The first-order valence-electron chi connectivity index (χ1n) is 6.49. The maximum absolute atomic E-state index is 13.3. The highest BCUT2D eigenvalue weighted by molar-refractivity contribution is 5.46. The van der Waals surface area contributed by atoms with Gasteiger partial charge in [0.1, 0.15) is 25.1 Å². The first kappa shape index (κ1) is 12.9. The molecular weight excluding hydrogens is 259 g/mol. The Bertz CT molecular complexity index is 640. The number of aryl methyl sites for hydroxylation is 1. The lowest BCUT2D eigenvalue weighted by Gasteiger charge is -2.20. The molecule has 1 N–H and O–H groups in total. The molecule has 3 nitrogen and oxygen atoms in total. The number of halogens is 1. The highest BCUT2D eigenvalue weighted by Gasteiger charge is 2.17. The lowest BCUT2D eigenvalue weighted by atomic mass is 9.99. The zero-order valence-electron chi connectivity index (χ0n) is 11.1. The van der Waals surface area contributed by atoms with Gasteiger partial charge >= 0.3 is 0 Å². The fraction of sp³-hybridized carbons (Fsp3) is 0.250. The van der Waals surface area contributed by atoms with Crippen molar-refractivity contribution in [1.82, 2.24) is 0 Å². The van der Waals surface area contributed by atoms with Gasteiger partial charge in [-0.25, -0.2) is 4.39 Å². The molecule has 0 amide bonds. The summed E-state index contributed by atoms with van der Waals surface area (Å²) >= 11 is 0. The standard InChI is InChI=1S/C16H15FO3/c1-10-8-11(2-4-13(10)17)16(18)12-3-5-14-15(9-12)20-7-6-19-14/h2-5,8-9,16,18H,6-7H2,1H3. The Morgan fingerprint density at radius 1 is 1.00 bits per heavy atom. The summed E-state index contributed by atoms with van der Waals surface area (Å²) in [5.74, 6) is 1.04. The molecule has 0 fully saturated rings. The van der Waals surface area contributed by atoms with Gasteiger partial charge in [0.2, 0.25) is 0 Å². The fourth-order valence-corrected chi connectivity index (χ4v) is 2.26. The first-order chi connectivity index (χ1) is 9.65. The number of hydrogen-bond donors (Lipinski definition) is 1. The van der Waals surface area contributed by atoms with Crippen molar-refractivity contribution in [3.8, 4) is 11.5 Å². The smallest absolute Gasteiger partial charge is 0.161 e. The normalized spacial score (nSPS) is 14.9. The van der Waals surface area contributed by atoms with Crippen LogP contribution in [0.4, 0.5) is 4.39 Å². The molecular formula is C16H15FO3. The van der Waals surface area contributed by atoms with E-state index in [1.807, 2.05) is 0 Å². The van der Waals surface area contributed by atoms with E-state index in [2.05, 4.69) is 0 Å². The molecule has 20 heavy (non-hydrogen) atoms. The number of aliphatic hydroxyl groups excluding tert-OH is 1. The zero-order valence-corrected chi connectivity index (χ0v) is 11.1. The van der Waals surface area contributed by atoms with E-state index >= 15 is 0 Å². The van der Waals surface area contributed by atoms with Crippen LogP contribution >= 0.6 is 0 Å². The van der Waals surface area contributed by atoms with Gasteiger partial charge in [-0.1, -0.05) is 18.2 Å². The number of fused-ring (bicyclic) bond motifs is 1. The molecule has 2 aromatic rings. The summed E-state index contributed by atoms with van der Waals surface area (Å²) in [6.07, 6.45) is -0.815. The van der Waals surface area contributed by atoms with Crippen LogP contribution in [0.25, 0.3) is 0 Å². The Labute approximate surface area is 116 Å². The minimum Gasteiger partial charge on any atom is -0.486 e. The van der Waals surface area contributed by atoms with Crippen LogP contribution in [0.15, 0.2) is 36.4 Å². The molecule has 3 rings (SSSR count). The third-order valence-electron chi connectivity index (χ3n) is 3.38. The van der Waals surface area contributed by atoms with E-state index in [0.29, 0.717) is 41.4 Å². The highest BCUT2D eigenvalue weighted by Crippen LogP contribution is 2.34. The van der Waals surface area contributed by atoms with Gasteiger partial charge in [0.25, 0.3) is 0 Å². The Morgan fingerprint density at radius 3 is 2.40 bits per heavy atom. The minimum atomic E-state index is -0.815. The van der Waals surface area contributed by atoms with E-state index in [0.717, 1.165) is 0 Å². The number of aliphatic hydroxyl groups is 1. The first-order valence-corrected chi connectivity index (χ1v) is 6.49. The molecule has 1 atom stereocenters. The lowest BCUT2D eigenvalue weighted by Crippen LogP contribution is -2.15. The van der Waals surface area contributed by atoms with Gasteiger partial charge in [-0.2, -0.15) is 0 Å². The number of benzene rings is 2. The van der Waals surface area contributed by atoms with Crippen molar-refractivity contribution >= 4 is 0 Å². The van der Waals surface area contributed by atoms with Crippen LogP contribution in [0.5, 0.6) is 11.5 Å². The molecule has 1 unspecified atom stereocenters. The second-order valence-corrected chi connectivity index (χ2v) is 4.81. The topological polar surface area (TPSA) is 38.7 Å². The quantitative estimate of drug-likeness (QED) is 0.915. The maximum Gasteiger partial charge on any atom is 0.161 e. The van der Waals surface area contributed by atoms with E-state index < -0.39 is 6.10 Å². The SMILES string of the molecule is Cc1cc(C(O)c2ccc3c(c2)OCCO3)ccc1F. The third-order valence-corrected chi connectivity index (χ3v) is 3.38. The molecule has 0 spiro atoms. The summed E-state index contributed by atoms with van der Waals surface area (Å²) in [6, 6.07) is 9.94. The average Bonchev–Trinajstić information content (AvgIpc) is 2.49. The Hall–Kier alpha value is -2.07. The molecule has 0 radical (unpaired) electrons. The van der Waals surface area contributed by atoms with Crippen molar-refractivity contribution in [2.45, 2.75) is 13.0 Å². The van der Waals surface area contributed by atoms with Gasteiger partial charge < -0.3 is 14.6 Å². The Balaban J connectivity index is 1.93. The van der Waals surface area contributed by atoms with Crippen molar-refractivity contribution < 1.29 is 19.0 Å². The van der Waals surface area contributed by atoms with Gasteiger partial charge in [0.05, 0.1) is 0 Å². The van der Waals surface area contributed by atoms with Gasteiger partial charge in [0.15, 0.2) is 11.5 Å². The predicted molar refractivity (Wildman–Crippen MR) is 72.6 cm³/mol. The Kier molecular flexibility index (Phi) is 3.32. The molecule has 1 aliphatic rings. The van der Waals surface area contributed by atoms with Gasteiger partial charge in [-0.05, 0) is 41.8 Å². The number of hydrogen-bond acceptors (Lipinski definition) is 3. The molecule has 0 saturated heterocycles. The van der Waals surface area contributed by atoms with Crippen molar-refractivity contribution in [1.29, 1.82) is 0 Å². The van der Waals surface area contributed by atoms with E-state index in [9.17, 15) is 9.50 Å². The molecule has 0 aromatic heterocycles. The molecule has 1 heterocycles. The largest absolute Gasteiger partial charge is 0.486 e. The highest BCUT2D eigenvalue weighted by atomic mass is 19.1. The van der Waals surface area contributed by atoms with Crippen LogP contribution in [0.1, 0.15) is 22.8 Å². The molecule has 2 aromatic carbocycles. The monoisotopic (exact) mass is 274 g/mol. The van der Waals surface area contributed by atoms with Crippen molar-refractivity contribution in [3.63, 3.8) is 0 Å². The summed E-state index contributed by atoms with van der Waals surface area (Å²) < 4.78 is 24.2. The van der Waals surface area contributed by atoms with Crippen molar-refractivity contribution in [2.75, 3.05) is 13.2 Å². The third kappa shape index (κ3) is 2.34. The lowest BCUT2D eigenvalue weighted by molar-refractivity contribution is 0.169. The van der Waals surface area contributed by atoms with E-state index in [1.165, 1.54) is 6.07 Å². The van der Waals surface area contributed by atoms with Crippen LogP contribution in [-0.4, -0.2) is 18.3 Å². The molecule has 1 aliphatic heterocycles. The van der Waals surface area contributed by atoms with Crippen LogP contribution < -0.4 is 9.47 Å². The fourth-order valence-electron chi connectivity index (χ4n) is 2.26. The van der Waals surface area contributed by atoms with Crippen molar-refractivity contribution in [2.24, 2.45) is 0 Å². The van der Waals surface area contributed by atoms with Crippen molar-refractivity contribution in [3.05, 3.63) is 58.9 Å². The predicted octanol–water partition coefficient (Wildman–Crippen LogP) is 2.99. The number of rotatable bonds is 2. The minimum absolute atomic E-state index is 0.275. The summed E-state index contributed by atoms with van der Waals surface area (Å²) in [4.78, 5) is 0. The average molecular weight is 274 g/mol. The van der Waals surface area contributed by atoms with E-state index in [1.54, 1.807) is 37.3 Å². The summed E-state index contributed by atoms with van der Waals surface area (Å²) in [5, 5.41) is 10.4. The van der Waals surface area contributed by atoms with Gasteiger partial charge in [-0.3, -0.25) is 0 Å². The molecule has 4 heteroatoms. The second-order valence-electron chi connectivity index (χ2n) is 4.81. The summed E-state index contributed by atoms with van der Waals surface area (Å²) in [7, 11) is 0. The second kappa shape index (κ2) is 5.13. The van der Waals surface area contributed by atoms with Crippen LogP contribution in [-0.2, 0) is 0 Å².